The molecule has 4 rings (SSSR count). The van der Waals surface area contributed by atoms with Gasteiger partial charge < -0.3 is 23.8 Å². The largest absolute Gasteiger partial charge is 0.486 e. The maximum absolute atomic E-state index is 10.7. The first-order valence-electron chi connectivity index (χ1n) is 10.4. The summed E-state index contributed by atoms with van der Waals surface area (Å²) in [5.74, 6) is 1.52. The topological polar surface area (TPSA) is 47.9 Å². The predicted octanol–water partition coefficient (Wildman–Crippen LogP) is 3.67. The van der Waals surface area contributed by atoms with Crippen molar-refractivity contribution in [3.63, 3.8) is 0 Å². The van der Waals surface area contributed by atoms with Gasteiger partial charge in [0.2, 0.25) is 0 Å². The van der Waals surface area contributed by atoms with Gasteiger partial charge in [-0.2, -0.15) is 0 Å². The van der Waals surface area contributed by atoms with Gasteiger partial charge in [0.15, 0.2) is 17.6 Å². The lowest BCUT2D eigenvalue weighted by Gasteiger charge is -2.36. The van der Waals surface area contributed by atoms with E-state index >= 15 is 0 Å². The molecule has 2 aliphatic rings. The van der Waals surface area contributed by atoms with Crippen LogP contribution in [0.2, 0.25) is 5.02 Å². The van der Waals surface area contributed by atoms with Gasteiger partial charge in [0, 0.05) is 23.4 Å². The van der Waals surface area contributed by atoms with Crippen LogP contribution in [0.3, 0.4) is 0 Å². The number of quaternary nitrogens is 1. The molecule has 1 saturated heterocycles. The van der Waals surface area contributed by atoms with Crippen LogP contribution in [0.1, 0.15) is 18.4 Å². The van der Waals surface area contributed by atoms with E-state index in [0.29, 0.717) is 26.4 Å². The maximum atomic E-state index is 10.7. The van der Waals surface area contributed by atoms with Gasteiger partial charge in [0.05, 0.1) is 26.3 Å². The first-order valence-corrected chi connectivity index (χ1v) is 10.7. The Kier molecular flexibility index (Phi) is 6.60. The molecule has 0 aliphatic carbocycles. The Morgan fingerprint density at radius 2 is 1.79 bits per heavy atom. The lowest BCUT2D eigenvalue weighted by Crippen LogP contribution is -2.50. The summed E-state index contributed by atoms with van der Waals surface area (Å²) in [7, 11) is 0. The van der Waals surface area contributed by atoms with Gasteiger partial charge in [-0.3, -0.25) is 0 Å². The molecule has 5 nitrogen and oxygen atoms in total. The number of ether oxygens (including phenoxy) is 3. The number of rotatable bonds is 8. The quantitative estimate of drug-likeness (QED) is 0.664. The Bertz CT molecular complexity index is 792. The molecule has 0 saturated carbocycles. The molecule has 156 valence electrons. The number of benzene rings is 2. The summed E-state index contributed by atoms with van der Waals surface area (Å²) in [6.45, 7) is 4.98. The second-order valence-corrected chi connectivity index (χ2v) is 8.59. The molecule has 0 spiro atoms. The number of hydrogen-bond donors (Lipinski definition) is 1. The lowest BCUT2D eigenvalue weighted by atomic mass is 10.1. The highest BCUT2D eigenvalue weighted by Gasteiger charge is 2.34. The van der Waals surface area contributed by atoms with Crippen molar-refractivity contribution in [2.75, 3.05) is 39.5 Å². The minimum Gasteiger partial charge on any atom is -0.486 e. The van der Waals surface area contributed by atoms with Crippen molar-refractivity contribution in [3.8, 4) is 11.5 Å². The van der Waals surface area contributed by atoms with Crippen LogP contribution in [-0.2, 0) is 11.3 Å². The minimum absolute atomic E-state index is 0.152. The van der Waals surface area contributed by atoms with Gasteiger partial charge >= 0.3 is 0 Å². The summed E-state index contributed by atoms with van der Waals surface area (Å²) in [4.78, 5) is 0. The maximum Gasteiger partial charge on any atom is 0.161 e. The van der Waals surface area contributed by atoms with E-state index in [1.54, 1.807) is 0 Å². The zero-order valence-corrected chi connectivity index (χ0v) is 17.4. The number of hydrogen-bond acceptors (Lipinski definition) is 4. The van der Waals surface area contributed by atoms with Crippen LogP contribution in [-0.4, -0.2) is 61.3 Å². The van der Waals surface area contributed by atoms with E-state index < -0.39 is 6.10 Å². The molecule has 2 heterocycles. The Labute approximate surface area is 177 Å². The van der Waals surface area contributed by atoms with E-state index in [1.165, 1.54) is 18.4 Å². The molecule has 29 heavy (non-hydrogen) atoms. The van der Waals surface area contributed by atoms with Gasteiger partial charge in [0.25, 0.3) is 0 Å². The number of para-hydroxylation sites is 2. The van der Waals surface area contributed by atoms with Crippen molar-refractivity contribution in [1.82, 2.24) is 0 Å². The Hall–Kier alpha value is -1.79. The smallest absolute Gasteiger partial charge is 0.161 e. The van der Waals surface area contributed by atoms with E-state index in [-0.39, 0.29) is 6.10 Å². The van der Waals surface area contributed by atoms with Crippen LogP contribution in [0.15, 0.2) is 48.5 Å². The third kappa shape index (κ3) is 5.43. The number of aliphatic hydroxyl groups excluding tert-OH is 1. The molecular formula is C23H29ClNO4+. The first-order chi connectivity index (χ1) is 14.1. The monoisotopic (exact) mass is 418 g/mol. The molecule has 2 atom stereocenters. The minimum atomic E-state index is -0.503. The fraction of sp³-hybridized carbons (Fsp3) is 0.478. The molecule has 6 heteroatoms. The van der Waals surface area contributed by atoms with Gasteiger partial charge in [-0.25, -0.2) is 0 Å². The first kappa shape index (κ1) is 20.5. The van der Waals surface area contributed by atoms with Crippen LogP contribution in [0.25, 0.3) is 0 Å². The molecule has 2 aromatic carbocycles. The molecule has 1 fully saturated rings. The molecular weight excluding hydrogens is 390 g/mol. The summed E-state index contributed by atoms with van der Waals surface area (Å²) in [6, 6.07) is 15.7. The molecule has 2 aliphatic heterocycles. The number of fused-ring (bicyclic) bond motifs is 1. The number of nitrogens with zero attached hydrogens (tertiary/aromatic N) is 1. The van der Waals surface area contributed by atoms with Gasteiger partial charge in [-0.1, -0.05) is 35.9 Å². The van der Waals surface area contributed by atoms with Crippen molar-refractivity contribution >= 4 is 11.6 Å². The third-order valence-electron chi connectivity index (χ3n) is 5.73. The van der Waals surface area contributed by atoms with Crippen LogP contribution >= 0.6 is 11.6 Å². The van der Waals surface area contributed by atoms with E-state index in [0.717, 1.165) is 40.6 Å². The molecule has 0 bridgehead atoms. The SMILES string of the molecule is O[C@@H](COC[C@@H]1COc2ccccc2O1)C[N+]1(Cc2ccc(Cl)cc2)CCCC1. The van der Waals surface area contributed by atoms with Crippen molar-refractivity contribution in [2.24, 2.45) is 0 Å². The van der Waals surface area contributed by atoms with Gasteiger partial charge in [-0.15, -0.1) is 0 Å². The van der Waals surface area contributed by atoms with E-state index in [1.807, 2.05) is 36.4 Å². The van der Waals surface area contributed by atoms with Crippen molar-refractivity contribution in [1.29, 1.82) is 0 Å². The van der Waals surface area contributed by atoms with Crippen LogP contribution in [0, 0.1) is 0 Å². The number of aliphatic hydroxyl groups is 1. The molecule has 0 amide bonds. The fourth-order valence-corrected chi connectivity index (χ4v) is 4.50. The zero-order valence-electron chi connectivity index (χ0n) is 16.6. The molecule has 0 radical (unpaired) electrons. The number of halogens is 1. The van der Waals surface area contributed by atoms with E-state index in [9.17, 15) is 5.11 Å². The Morgan fingerprint density at radius 3 is 2.55 bits per heavy atom. The number of likely N-dealkylation sites (tertiary alicyclic amines) is 1. The van der Waals surface area contributed by atoms with Crippen LogP contribution in [0.4, 0.5) is 0 Å². The van der Waals surface area contributed by atoms with Gasteiger partial charge in [0.1, 0.15) is 25.8 Å². The summed E-state index contributed by atoms with van der Waals surface area (Å²) in [5, 5.41) is 11.4. The predicted molar refractivity (Wildman–Crippen MR) is 112 cm³/mol. The molecule has 0 aromatic heterocycles. The Morgan fingerprint density at radius 1 is 1.07 bits per heavy atom. The van der Waals surface area contributed by atoms with E-state index in [2.05, 4.69) is 12.1 Å². The van der Waals surface area contributed by atoms with Gasteiger partial charge in [-0.05, 0) is 24.3 Å². The summed E-state index contributed by atoms with van der Waals surface area (Å²) in [5.41, 5.74) is 1.26. The highest BCUT2D eigenvalue weighted by atomic mass is 35.5. The van der Waals surface area contributed by atoms with E-state index in [4.69, 9.17) is 25.8 Å². The standard InChI is InChI=1S/C23H29ClNO4/c24-19-9-7-18(8-10-19)13-25(11-3-4-12-25)14-20(26)15-27-16-21-17-28-22-5-1-2-6-23(22)29-21/h1-2,5-10,20-21,26H,3-4,11-17H2/q+1/t20-,21-/m1/s1. The van der Waals surface area contributed by atoms with Crippen LogP contribution in [0.5, 0.6) is 11.5 Å². The zero-order chi connectivity index (χ0) is 20.1. The third-order valence-corrected chi connectivity index (χ3v) is 5.98. The van der Waals surface area contributed by atoms with Crippen LogP contribution < -0.4 is 9.47 Å². The van der Waals surface area contributed by atoms with Crippen molar-refractivity contribution in [3.05, 3.63) is 59.1 Å². The summed E-state index contributed by atoms with van der Waals surface area (Å²) < 4.78 is 18.3. The highest BCUT2D eigenvalue weighted by Crippen LogP contribution is 2.31. The fourth-order valence-electron chi connectivity index (χ4n) is 4.37. The lowest BCUT2D eigenvalue weighted by molar-refractivity contribution is -0.932. The summed E-state index contributed by atoms with van der Waals surface area (Å²) >= 11 is 6.02. The molecule has 1 N–H and O–H groups in total. The van der Waals surface area contributed by atoms with Crippen molar-refractivity contribution in [2.45, 2.75) is 31.6 Å². The molecule has 0 unspecified atom stereocenters. The second kappa shape index (κ2) is 9.35. The summed E-state index contributed by atoms with van der Waals surface area (Å²) in [6.07, 6.45) is 1.75. The average molecular weight is 419 g/mol. The van der Waals surface area contributed by atoms with Crippen molar-refractivity contribution < 1.29 is 23.8 Å². The normalized spacial score (nSPS) is 21.1. The molecule has 2 aromatic rings. The Balaban J connectivity index is 1.26. The average Bonchev–Trinajstić information content (AvgIpc) is 3.17. The highest BCUT2D eigenvalue weighted by molar-refractivity contribution is 6.30. The second-order valence-electron chi connectivity index (χ2n) is 8.15.